The molecule has 0 aliphatic heterocycles. The highest BCUT2D eigenvalue weighted by Gasteiger charge is 2.07. The number of hydrogen-bond donors (Lipinski definition) is 2. The van der Waals surface area contributed by atoms with Gasteiger partial charge >= 0.3 is 6.03 Å². The Kier molecular flexibility index (Phi) is 3.96. The van der Waals surface area contributed by atoms with E-state index in [0.29, 0.717) is 11.6 Å². The van der Waals surface area contributed by atoms with Gasteiger partial charge < -0.3 is 5.32 Å². The maximum atomic E-state index is 12.1. The van der Waals surface area contributed by atoms with E-state index < -0.39 is 0 Å². The van der Waals surface area contributed by atoms with E-state index in [0.717, 1.165) is 16.8 Å². The Labute approximate surface area is 132 Å². The van der Waals surface area contributed by atoms with Gasteiger partial charge in [0.2, 0.25) is 0 Å². The number of hydrogen-bond acceptors (Lipinski definition) is 5. The van der Waals surface area contributed by atoms with Crippen molar-refractivity contribution in [3.8, 4) is 5.82 Å². The second-order valence-corrected chi connectivity index (χ2v) is 5.06. The smallest absolute Gasteiger partial charge is 0.308 e. The van der Waals surface area contributed by atoms with Crippen LogP contribution in [-0.4, -0.2) is 30.8 Å². The molecule has 2 aromatic heterocycles. The molecule has 8 heteroatoms. The zero-order valence-electron chi connectivity index (χ0n) is 12.7. The minimum Gasteiger partial charge on any atom is -0.308 e. The van der Waals surface area contributed by atoms with Crippen molar-refractivity contribution < 1.29 is 4.79 Å². The maximum Gasteiger partial charge on any atom is 0.324 e. The predicted molar refractivity (Wildman–Crippen MR) is 85.5 cm³/mol. The molecule has 0 atom stereocenters. The van der Waals surface area contributed by atoms with Crippen LogP contribution in [-0.2, 0) is 0 Å². The van der Waals surface area contributed by atoms with Gasteiger partial charge in [0.05, 0.1) is 0 Å². The molecule has 3 rings (SSSR count). The van der Waals surface area contributed by atoms with E-state index in [-0.39, 0.29) is 6.03 Å². The fourth-order valence-corrected chi connectivity index (χ4v) is 2.19. The molecule has 0 aliphatic rings. The van der Waals surface area contributed by atoms with Crippen molar-refractivity contribution in [1.29, 1.82) is 0 Å². The van der Waals surface area contributed by atoms with Crippen LogP contribution in [0.5, 0.6) is 0 Å². The molecule has 2 N–H and O–H groups in total. The molecule has 0 fully saturated rings. The van der Waals surface area contributed by atoms with Gasteiger partial charge in [0.15, 0.2) is 5.82 Å². The number of benzene rings is 1. The van der Waals surface area contributed by atoms with Crippen LogP contribution < -0.4 is 10.6 Å². The minimum atomic E-state index is -0.377. The first-order chi connectivity index (χ1) is 11.1. The van der Waals surface area contributed by atoms with E-state index in [1.807, 2.05) is 32.0 Å². The molecule has 2 amide bonds. The van der Waals surface area contributed by atoms with Crippen LogP contribution in [0.25, 0.3) is 5.82 Å². The second-order valence-electron chi connectivity index (χ2n) is 5.06. The van der Waals surface area contributed by atoms with Gasteiger partial charge in [0.1, 0.15) is 24.8 Å². The van der Waals surface area contributed by atoms with Crippen LogP contribution in [0.15, 0.2) is 43.2 Å². The molecule has 0 bridgehead atoms. The third-order valence-electron chi connectivity index (χ3n) is 3.03. The number of carbonyl (C=O) groups is 1. The van der Waals surface area contributed by atoms with Gasteiger partial charge in [-0.3, -0.25) is 5.32 Å². The van der Waals surface area contributed by atoms with Gasteiger partial charge in [0.25, 0.3) is 0 Å². The molecular weight excluding hydrogens is 294 g/mol. The van der Waals surface area contributed by atoms with Crippen LogP contribution in [0.4, 0.5) is 16.3 Å². The Morgan fingerprint density at radius 2 is 1.78 bits per heavy atom. The number of urea groups is 1. The summed E-state index contributed by atoms with van der Waals surface area (Å²) < 4.78 is 1.48. The average Bonchev–Trinajstić information content (AvgIpc) is 3.00. The summed E-state index contributed by atoms with van der Waals surface area (Å²) in [6.45, 7) is 3.95. The first-order valence-electron chi connectivity index (χ1n) is 6.93. The van der Waals surface area contributed by atoms with E-state index in [1.165, 1.54) is 23.7 Å². The van der Waals surface area contributed by atoms with E-state index in [9.17, 15) is 4.79 Å². The van der Waals surface area contributed by atoms with Gasteiger partial charge in [-0.05, 0) is 37.1 Å². The lowest BCUT2D eigenvalue weighted by atomic mass is 10.1. The van der Waals surface area contributed by atoms with E-state index in [4.69, 9.17) is 0 Å². The Balaban J connectivity index is 1.71. The highest BCUT2D eigenvalue weighted by Crippen LogP contribution is 2.14. The fraction of sp³-hybridized carbons (Fsp3) is 0.133. The molecule has 3 aromatic rings. The number of rotatable bonds is 3. The number of carbonyl (C=O) groups excluding carboxylic acids is 1. The fourth-order valence-electron chi connectivity index (χ4n) is 2.19. The van der Waals surface area contributed by atoms with Crippen molar-refractivity contribution in [2.45, 2.75) is 13.8 Å². The summed E-state index contributed by atoms with van der Waals surface area (Å²) in [5.41, 5.74) is 2.89. The van der Waals surface area contributed by atoms with Gasteiger partial charge in [0, 0.05) is 11.8 Å². The Morgan fingerprint density at radius 3 is 2.48 bits per heavy atom. The number of aromatic nitrogens is 5. The topological polar surface area (TPSA) is 97.6 Å². The lowest BCUT2D eigenvalue weighted by molar-refractivity contribution is 0.262. The summed E-state index contributed by atoms with van der Waals surface area (Å²) in [5.74, 6) is 0.881. The van der Waals surface area contributed by atoms with Crippen molar-refractivity contribution >= 4 is 17.5 Å². The van der Waals surface area contributed by atoms with Crippen LogP contribution in [0, 0.1) is 13.8 Å². The lowest BCUT2D eigenvalue weighted by Gasteiger charge is -2.09. The molecule has 23 heavy (non-hydrogen) atoms. The van der Waals surface area contributed by atoms with Crippen LogP contribution >= 0.6 is 0 Å². The van der Waals surface area contributed by atoms with Crippen LogP contribution in [0.1, 0.15) is 11.1 Å². The molecule has 0 aliphatic carbocycles. The number of aryl methyl sites for hydroxylation is 2. The number of anilines is 2. The van der Waals surface area contributed by atoms with Gasteiger partial charge in [-0.2, -0.15) is 5.10 Å². The van der Waals surface area contributed by atoms with Crippen molar-refractivity contribution in [1.82, 2.24) is 24.7 Å². The summed E-state index contributed by atoms with van der Waals surface area (Å²) in [4.78, 5) is 24.0. The Hall–Kier alpha value is -3.29. The molecule has 8 nitrogen and oxygen atoms in total. The number of nitrogens with one attached hydrogen (secondary N) is 2. The van der Waals surface area contributed by atoms with E-state index >= 15 is 0 Å². The molecular formula is C15H15N7O. The maximum absolute atomic E-state index is 12.1. The van der Waals surface area contributed by atoms with Crippen molar-refractivity contribution in [3.63, 3.8) is 0 Å². The SMILES string of the molecule is Cc1cc(C)cc(NC(=O)Nc2cc(-n3cncn3)ncn2)c1. The number of amides is 2. The Morgan fingerprint density at radius 1 is 1.00 bits per heavy atom. The zero-order valence-corrected chi connectivity index (χ0v) is 12.7. The number of nitrogens with zero attached hydrogens (tertiary/aromatic N) is 5. The summed E-state index contributed by atoms with van der Waals surface area (Å²) in [5, 5.41) is 9.43. The summed E-state index contributed by atoms with van der Waals surface area (Å²) in [7, 11) is 0. The monoisotopic (exact) mass is 309 g/mol. The lowest BCUT2D eigenvalue weighted by Crippen LogP contribution is -2.20. The first-order valence-corrected chi connectivity index (χ1v) is 6.93. The highest BCUT2D eigenvalue weighted by molar-refractivity contribution is 5.99. The molecule has 2 heterocycles. The summed E-state index contributed by atoms with van der Waals surface area (Å²) in [6.07, 6.45) is 4.27. The highest BCUT2D eigenvalue weighted by atomic mass is 16.2. The average molecular weight is 309 g/mol. The van der Waals surface area contributed by atoms with Gasteiger partial charge in [-0.1, -0.05) is 6.07 Å². The molecule has 0 unspecified atom stereocenters. The molecule has 0 radical (unpaired) electrons. The third-order valence-corrected chi connectivity index (χ3v) is 3.03. The first kappa shape index (κ1) is 14.6. The van der Waals surface area contributed by atoms with E-state index in [1.54, 1.807) is 6.07 Å². The Bertz CT molecular complexity index is 809. The van der Waals surface area contributed by atoms with Gasteiger partial charge in [-0.15, -0.1) is 0 Å². The van der Waals surface area contributed by atoms with Gasteiger partial charge in [-0.25, -0.2) is 24.4 Å². The molecule has 0 saturated heterocycles. The van der Waals surface area contributed by atoms with Crippen molar-refractivity contribution in [2.24, 2.45) is 0 Å². The molecule has 0 saturated carbocycles. The van der Waals surface area contributed by atoms with E-state index in [2.05, 4.69) is 30.7 Å². The van der Waals surface area contributed by atoms with Crippen LogP contribution in [0.3, 0.4) is 0 Å². The van der Waals surface area contributed by atoms with Crippen molar-refractivity contribution in [2.75, 3.05) is 10.6 Å². The van der Waals surface area contributed by atoms with Crippen molar-refractivity contribution in [3.05, 3.63) is 54.4 Å². The predicted octanol–water partition coefficient (Wildman–Crippen LogP) is 2.32. The minimum absolute atomic E-state index is 0.368. The van der Waals surface area contributed by atoms with Crippen LogP contribution in [0.2, 0.25) is 0 Å². The molecule has 0 spiro atoms. The molecule has 116 valence electrons. The summed E-state index contributed by atoms with van der Waals surface area (Å²) >= 11 is 0. The molecule has 1 aromatic carbocycles. The zero-order chi connectivity index (χ0) is 16.2. The normalized spacial score (nSPS) is 10.3. The second kappa shape index (κ2) is 6.22. The quantitative estimate of drug-likeness (QED) is 0.773. The standard InChI is InChI=1S/C15H15N7O/c1-10-3-11(2)5-12(4-10)20-15(23)21-13-6-14(18-8-17-13)22-9-16-7-19-22/h3-9H,1-2H3,(H2,17,18,20,21,23). The summed E-state index contributed by atoms with van der Waals surface area (Å²) in [6, 6.07) is 7.06. The third kappa shape index (κ3) is 3.67. The largest absolute Gasteiger partial charge is 0.324 e.